The Labute approximate surface area is 355 Å². The van der Waals surface area contributed by atoms with Crippen molar-refractivity contribution in [2.75, 3.05) is 4.90 Å². The number of hydrogen-bond acceptors (Lipinski definition) is 4. The molecule has 0 fully saturated rings. The van der Waals surface area contributed by atoms with Crippen molar-refractivity contribution in [2.24, 2.45) is 0 Å². The lowest BCUT2D eigenvalue weighted by Gasteiger charge is -2.27. The number of aromatic nitrogens is 2. The van der Waals surface area contributed by atoms with Crippen LogP contribution >= 0.6 is 0 Å². The number of benzene rings is 10. The van der Waals surface area contributed by atoms with E-state index in [0.717, 1.165) is 94.0 Å². The third-order valence-electron chi connectivity index (χ3n) is 12.4. The maximum absolute atomic E-state index is 6.83. The van der Waals surface area contributed by atoms with Crippen LogP contribution in [0.1, 0.15) is 0 Å². The summed E-state index contributed by atoms with van der Waals surface area (Å²) in [5.74, 6) is 0.601. The molecule has 13 aromatic rings. The van der Waals surface area contributed by atoms with E-state index >= 15 is 0 Å². The summed E-state index contributed by atoms with van der Waals surface area (Å²) in [5, 5.41) is 8.86. The van der Waals surface area contributed by atoms with Gasteiger partial charge in [-0.05, 0) is 118 Å². The van der Waals surface area contributed by atoms with Crippen molar-refractivity contribution in [1.29, 1.82) is 0 Å². The zero-order chi connectivity index (χ0) is 40.7. The van der Waals surface area contributed by atoms with Crippen molar-refractivity contribution in [3.05, 3.63) is 212 Å². The molecule has 0 bridgehead atoms. The molecule has 3 aromatic heterocycles. The lowest BCUT2D eigenvalue weighted by Crippen LogP contribution is -2.10. The third kappa shape index (κ3) is 5.18. The summed E-state index contributed by atoms with van der Waals surface area (Å²) in [7, 11) is 0. The highest BCUT2D eigenvalue weighted by Crippen LogP contribution is 2.48. The van der Waals surface area contributed by atoms with Gasteiger partial charge in [-0.25, -0.2) is 4.98 Å². The molecule has 0 unspecified atom stereocenters. The molecule has 13 rings (SSSR count). The van der Waals surface area contributed by atoms with Crippen molar-refractivity contribution < 1.29 is 8.83 Å². The fraction of sp³-hybridized carbons (Fsp3) is 0. The molecule has 5 heteroatoms. The second kappa shape index (κ2) is 13.6. The van der Waals surface area contributed by atoms with Gasteiger partial charge in [0.1, 0.15) is 16.7 Å². The molecule has 0 N–H and O–H groups in total. The van der Waals surface area contributed by atoms with Crippen LogP contribution in [0.4, 0.5) is 17.1 Å². The number of nitrogens with zero attached hydrogens (tertiary/aromatic N) is 3. The summed E-state index contributed by atoms with van der Waals surface area (Å²) < 4.78 is 15.7. The standard InChI is InChI=1S/C57H35N3O2/c1-4-16-36(17-5-1)57-58-47-33-30-37-34-45(42-24-14-26-49-54(42)43-22-10-12-25-48(43)60(49)39-20-8-3-9-21-39)41-32-31-40(35-46(41)53(37)56(47)62-57)59(38-18-6-2-7-19-38)50-27-15-29-52-55(50)44-23-11-13-28-51(44)61-52/h1-35H. The van der Waals surface area contributed by atoms with E-state index in [2.05, 4.69) is 179 Å². The van der Waals surface area contributed by atoms with Gasteiger partial charge in [-0.15, -0.1) is 0 Å². The molecule has 290 valence electrons. The minimum Gasteiger partial charge on any atom is -0.456 e. The van der Waals surface area contributed by atoms with Gasteiger partial charge in [-0.3, -0.25) is 0 Å². The molecule has 5 nitrogen and oxygen atoms in total. The molecule has 62 heavy (non-hydrogen) atoms. The molecular weight excluding hydrogens is 759 g/mol. The van der Waals surface area contributed by atoms with Crippen LogP contribution in [0.2, 0.25) is 0 Å². The maximum atomic E-state index is 6.83. The van der Waals surface area contributed by atoms with Crippen molar-refractivity contribution in [3.63, 3.8) is 0 Å². The van der Waals surface area contributed by atoms with Crippen molar-refractivity contribution in [3.8, 4) is 28.3 Å². The molecule has 0 saturated heterocycles. The number of oxazole rings is 1. The Morgan fingerprint density at radius 1 is 0.419 bits per heavy atom. The highest BCUT2D eigenvalue weighted by Gasteiger charge is 2.24. The fourth-order valence-corrected chi connectivity index (χ4v) is 9.72. The molecule has 0 aliphatic carbocycles. The van der Waals surface area contributed by atoms with E-state index in [1.807, 2.05) is 42.5 Å². The van der Waals surface area contributed by atoms with Crippen LogP contribution < -0.4 is 4.90 Å². The minimum absolute atomic E-state index is 0.601. The van der Waals surface area contributed by atoms with Crippen molar-refractivity contribution in [1.82, 2.24) is 9.55 Å². The number of fused-ring (bicyclic) bond motifs is 11. The van der Waals surface area contributed by atoms with Crippen LogP contribution in [0, 0.1) is 0 Å². The highest BCUT2D eigenvalue weighted by atomic mass is 16.3. The molecule has 10 aromatic carbocycles. The number of furan rings is 1. The zero-order valence-electron chi connectivity index (χ0n) is 33.4. The quantitative estimate of drug-likeness (QED) is 0.157. The second-order valence-electron chi connectivity index (χ2n) is 15.9. The monoisotopic (exact) mass is 793 g/mol. The normalized spacial score (nSPS) is 11.9. The number of anilines is 3. The van der Waals surface area contributed by atoms with E-state index in [4.69, 9.17) is 13.8 Å². The molecule has 0 radical (unpaired) electrons. The Morgan fingerprint density at radius 2 is 1.13 bits per heavy atom. The van der Waals surface area contributed by atoms with Crippen LogP contribution in [0.5, 0.6) is 0 Å². The molecule has 0 saturated carbocycles. The maximum Gasteiger partial charge on any atom is 0.227 e. The highest BCUT2D eigenvalue weighted by molar-refractivity contribution is 6.25. The lowest BCUT2D eigenvalue weighted by atomic mass is 9.90. The SMILES string of the molecule is c1ccc(-c2nc3ccc4cc(-c5cccc6c5c5ccccc5n6-c5ccccc5)c5ccc(N(c6ccccc6)c6cccc7oc8ccccc8c67)cc5c4c3o2)cc1. The Hall–Kier alpha value is -8.41. The molecule has 3 heterocycles. The van der Waals surface area contributed by atoms with Crippen LogP contribution in [-0.4, -0.2) is 9.55 Å². The molecule has 0 aliphatic rings. The molecule has 0 spiro atoms. The Balaban J connectivity index is 1.14. The number of hydrogen-bond donors (Lipinski definition) is 0. The van der Waals surface area contributed by atoms with E-state index in [-0.39, 0.29) is 0 Å². The molecule has 0 aliphatic heterocycles. The summed E-state index contributed by atoms with van der Waals surface area (Å²) in [6.45, 7) is 0. The Bertz CT molecular complexity index is 3860. The van der Waals surface area contributed by atoms with Crippen LogP contribution in [0.25, 0.3) is 105 Å². The average Bonchev–Trinajstić information content (AvgIpc) is 4.05. The first-order chi connectivity index (χ1) is 30.8. The van der Waals surface area contributed by atoms with E-state index in [1.54, 1.807) is 0 Å². The van der Waals surface area contributed by atoms with Gasteiger partial charge in [-0.2, -0.15) is 0 Å². The number of rotatable bonds is 6. The van der Waals surface area contributed by atoms with Crippen molar-refractivity contribution in [2.45, 2.75) is 0 Å². The van der Waals surface area contributed by atoms with E-state index < -0.39 is 0 Å². The Kier molecular flexibility index (Phi) is 7.54. The second-order valence-corrected chi connectivity index (χ2v) is 15.9. The minimum atomic E-state index is 0.601. The number of para-hydroxylation sites is 4. The van der Waals surface area contributed by atoms with Gasteiger partial charge in [0.2, 0.25) is 5.89 Å². The summed E-state index contributed by atoms with van der Waals surface area (Å²) >= 11 is 0. The van der Waals surface area contributed by atoms with Gasteiger partial charge in [0.25, 0.3) is 0 Å². The van der Waals surface area contributed by atoms with Gasteiger partial charge in [0, 0.05) is 44.2 Å². The topological polar surface area (TPSA) is 47.3 Å². The van der Waals surface area contributed by atoms with Gasteiger partial charge in [0.05, 0.1) is 22.1 Å². The van der Waals surface area contributed by atoms with Gasteiger partial charge in [-0.1, -0.05) is 121 Å². The Morgan fingerprint density at radius 3 is 1.98 bits per heavy atom. The van der Waals surface area contributed by atoms with E-state index in [0.29, 0.717) is 5.89 Å². The first kappa shape index (κ1) is 34.5. The summed E-state index contributed by atoms with van der Waals surface area (Å²) in [6.07, 6.45) is 0. The molecule has 0 atom stereocenters. The summed E-state index contributed by atoms with van der Waals surface area (Å²) in [5.41, 5.74) is 13.1. The molecular formula is C57H35N3O2. The zero-order valence-corrected chi connectivity index (χ0v) is 33.4. The van der Waals surface area contributed by atoms with E-state index in [1.165, 1.54) is 21.9 Å². The summed E-state index contributed by atoms with van der Waals surface area (Å²) in [4.78, 5) is 7.40. The third-order valence-corrected chi connectivity index (χ3v) is 12.4. The van der Waals surface area contributed by atoms with Gasteiger partial charge < -0.3 is 18.3 Å². The fourth-order valence-electron chi connectivity index (χ4n) is 9.72. The van der Waals surface area contributed by atoms with Crippen LogP contribution in [0.3, 0.4) is 0 Å². The van der Waals surface area contributed by atoms with Gasteiger partial charge in [0.15, 0.2) is 5.58 Å². The predicted octanol–water partition coefficient (Wildman–Crippen LogP) is 15.9. The average molecular weight is 794 g/mol. The molecule has 0 amide bonds. The first-order valence-corrected chi connectivity index (χ1v) is 21.0. The van der Waals surface area contributed by atoms with Gasteiger partial charge >= 0.3 is 0 Å². The lowest BCUT2D eigenvalue weighted by molar-refractivity contribution is 0.623. The predicted molar refractivity (Wildman–Crippen MR) is 256 cm³/mol. The smallest absolute Gasteiger partial charge is 0.227 e. The van der Waals surface area contributed by atoms with Crippen molar-refractivity contribution >= 4 is 93.5 Å². The van der Waals surface area contributed by atoms with E-state index in [9.17, 15) is 0 Å². The van der Waals surface area contributed by atoms with Crippen LogP contribution in [0.15, 0.2) is 221 Å². The summed E-state index contributed by atoms with van der Waals surface area (Å²) in [6, 6.07) is 75.0. The first-order valence-electron chi connectivity index (χ1n) is 21.0. The largest absolute Gasteiger partial charge is 0.456 e. The van der Waals surface area contributed by atoms with Crippen LogP contribution in [-0.2, 0) is 0 Å².